The molecule has 37 heavy (non-hydrogen) atoms. The number of ether oxygens (including phenoxy) is 2. The van der Waals surface area contributed by atoms with Crippen molar-refractivity contribution in [2.75, 3.05) is 0 Å². The van der Waals surface area contributed by atoms with Crippen molar-refractivity contribution in [3.63, 3.8) is 0 Å². The summed E-state index contributed by atoms with van der Waals surface area (Å²) in [5.74, 6) is -1.09. The molecule has 0 aliphatic carbocycles. The normalized spacial score (nSPS) is 35.6. The number of epoxide rings is 1. The highest BCUT2D eigenvalue weighted by atomic mass is 16.6. The Morgan fingerprint density at radius 3 is 2.62 bits per heavy atom. The number of hydrogen-bond donors (Lipinski definition) is 2. The predicted octanol–water partition coefficient (Wildman–Crippen LogP) is 4.57. The summed E-state index contributed by atoms with van der Waals surface area (Å²) in [6.07, 6.45) is 7.49. The zero-order chi connectivity index (χ0) is 27.4. The molecule has 2 aliphatic rings. The lowest BCUT2D eigenvalue weighted by Gasteiger charge is -2.36. The number of aliphatic hydroxyl groups excluding tert-OH is 2. The molecule has 1 aromatic rings. The van der Waals surface area contributed by atoms with Crippen LogP contribution in [-0.4, -0.2) is 57.0 Å². The summed E-state index contributed by atoms with van der Waals surface area (Å²) in [6.45, 7) is 12.8. The third-order valence-corrected chi connectivity index (χ3v) is 8.06. The van der Waals surface area contributed by atoms with Crippen LogP contribution in [0.25, 0.3) is 6.08 Å². The molecule has 3 heterocycles. The molecule has 1 aromatic heterocycles. The largest absolute Gasteiger partial charge is 0.458 e. The second kappa shape index (κ2) is 12.0. The lowest BCUT2D eigenvalue weighted by molar-refractivity contribution is -0.154. The van der Waals surface area contributed by atoms with E-state index in [1.807, 2.05) is 13.8 Å². The van der Waals surface area contributed by atoms with Gasteiger partial charge in [0.05, 0.1) is 35.7 Å². The fourth-order valence-corrected chi connectivity index (χ4v) is 5.22. The number of ketones is 1. The van der Waals surface area contributed by atoms with Gasteiger partial charge in [0, 0.05) is 19.3 Å². The molecule has 3 rings (SSSR count). The molecule has 206 valence electrons. The smallest absolute Gasteiger partial charge is 0.309 e. The Morgan fingerprint density at radius 1 is 1.24 bits per heavy atom. The highest BCUT2D eigenvalue weighted by Gasteiger charge is 2.52. The molecule has 0 spiro atoms. The van der Waals surface area contributed by atoms with E-state index < -0.39 is 35.6 Å². The fourth-order valence-electron chi connectivity index (χ4n) is 5.22. The van der Waals surface area contributed by atoms with E-state index in [1.54, 1.807) is 39.0 Å². The van der Waals surface area contributed by atoms with Gasteiger partial charge in [-0.2, -0.15) is 0 Å². The van der Waals surface area contributed by atoms with E-state index in [1.165, 1.54) is 6.26 Å². The van der Waals surface area contributed by atoms with Crippen LogP contribution in [0.1, 0.15) is 84.2 Å². The number of rotatable bonds is 5. The summed E-state index contributed by atoms with van der Waals surface area (Å²) in [4.78, 5) is 30.8. The van der Waals surface area contributed by atoms with E-state index in [0.29, 0.717) is 30.8 Å². The number of aromatic nitrogens is 1. The third kappa shape index (κ3) is 7.39. The Bertz CT molecular complexity index is 983. The maximum absolute atomic E-state index is 13.6. The first-order valence-electron chi connectivity index (χ1n) is 13.4. The van der Waals surface area contributed by atoms with Crippen LogP contribution in [0.15, 0.2) is 29.4 Å². The van der Waals surface area contributed by atoms with Crippen LogP contribution >= 0.6 is 0 Å². The van der Waals surface area contributed by atoms with Gasteiger partial charge in [0.15, 0.2) is 5.89 Å². The number of hydrogen-bond acceptors (Lipinski definition) is 8. The molecule has 2 N–H and O–H groups in total. The van der Waals surface area contributed by atoms with Crippen LogP contribution in [0.2, 0.25) is 0 Å². The first-order valence-corrected chi connectivity index (χ1v) is 13.4. The maximum atomic E-state index is 13.6. The van der Waals surface area contributed by atoms with Crippen molar-refractivity contribution in [3.8, 4) is 0 Å². The van der Waals surface area contributed by atoms with Crippen LogP contribution in [0.4, 0.5) is 0 Å². The Morgan fingerprint density at radius 2 is 1.97 bits per heavy atom. The van der Waals surface area contributed by atoms with Gasteiger partial charge in [0.25, 0.3) is 0 Å². The van der Waals surface area contributed by atoms with E-state index in [4.69, 9.17) is 13.9 Å². The average molecular weight is 518 g/mol. The average Bonchev–Trinajstić information content (AvgIpc) is 3.26. The Balaban J connectivity index is 1.84. The Hall–Kier alpha value is -2.29. The van der Waals surface area contributed by atoms with Gasteiger partial charge in [-0.05, 0) is 50.7 Å². The summed E-state index contributed by atoms with van der Waals surface area (Å²) in [7, 11) is 0. The number of aliphatic hydroxyl groups is 2. The van der Waals surface area contributed by atoms with Gasteiger partial charge < -0.3 is 24.1 Å². The standard InChI is InChI=1S/C29H43NO7/c1-7-8-11-22-26(33)18(2)10-9-14-29(6)24(37-29)15-21(13-12-20-17-35-19(3)30-20)36-25(32)16-23(31)28(4,5)27(22)34/h7,12-13,17-18,21-24,26,31,33H,1,8-11,14-16H2,2-6H3/t18-,21+,22+,23-,24?,26+,29?/m0/s1. The maximum Gasteiger partial charge on any atom is 0.309 e. The molecule has 2 fully saturated rings. The van der Waals surface area contributed by atoms with Crippen molar-refractivity contribution in [1.29, 1.82) is 0 Å². The number of allylic oxidation sites excluding steroid dienone is 1. The molecular weight excluding hydrogens is 474 g/mol. The number of Topliss-reactive ketones (excluding diaryl/α,β-unsaturated/α-hetero) is 1. The van der Waals surface area contributed by atoms with Crippen molar-refractivity contribution in [3.05, 3.63) is 36.6 Å². The van der Waals surface area contributed by atoms with E-state index in [0.717, 1.165) is 19.3 Å². The first kappa shape index (κ1) is 29.3. The number of nitrogens with zero attached hydrogens (tertiary/aromatic N) is 1. The van der Waals surface area contributed by atoms with E-state index in [2.05, 4.69) is 11.6 Å². The summed E-state index contributed by atoms with van der Waals surface area (Å²) >= 11 is 0. The van der Waals surface area contributed by atoms with Crippen molar-refractivity contribution in [2.45, 2.75) is 110 Å². The van der Waals surface area contributed by atoms with Gasteiger partial charge in [0.1, 0.15) is 23.8 Å². The van der Waals surface area contributed by atoms with Crippen molar-refractivity contribution >= 4 is 17.8 Å². The summed E-state index contributed by atoms with van der Waals surface area (Å²) < 4.78 is 17.0. The van der Waals surface area contributed by atoms with Gasteiger partial charge in [-0.15, -0.1) is 6.58 Å². The number of fused-ring (bicyclic) bond motifs is 1. The summed E-state index contributed by atoms with van der Waals surface area (Å²) in [6, 6.07) is 0. The van der Waals surface area contributed by atoms with E-state index >= 15 is 0 Å². The monoisotopic (exact) mass is 517 g/mol. The molecule has 8 nitrogen and oxygen atoms in total. The van der Waals surface area contributed by atoms with Crippen LogP contribution in [-0.2, 0) is 19.1 Å². The zero-order valence-corrected chi connectivity index (χ0v) is 22.8. The number of carbonyl (C=O) groups is 2. The highest BCUT2D eigenvalue weighted by Crippen LogP contribution is 2.44. The second-order valence-corrected chi connectivity index (χ2v) is 11.5. The fraction of sp³-hybridized carbons (Fsp3) is 0.690. The molecule has 2 saturated heterocycles. The topological polar surface area (TPSA) is 122 Å². The number of oxazole rings is 1. The van der Waals surface area contributed by atoms with Gasteiger partial charge >= 0.3 is 5.97 Å². The minimum Gasteiger partial charge on any atom is -0.458 e. The van der Waals surface area contributed by atoms with Gasteiger partial charge in [0.2, 0.25) is 0 Å². The minimum atomic E-state index is -1.26. The molecule has 8 heteroatoms. The number of aryl methyl sites for hydroxylation is 1. The summed E-state index contributed by atoms with van der Waals surface area (Å²) in [5, 5.41) is 22.2. The van der Waals surface area contributed by atoms with Crippen LogP contribution < -0.4 is 0 Å². The second-order valence-electron chi connectivity index (χ2n) is 11.5. The van der Waals surface area contributed by atoms with Gasteiger partial charge in [-0.1, -0.05) is 33.3 Å². The molecular formula is C29H43NO7. The van der Waals surface area contributed by atoms with Gasteiger partial charge in [-0.25, -0.2) is 4.98 Å². The van der Waals surface area contributed by atoms with Crippen molar-refractivity contribution in [2.24, 2.45) is 17.3 Å². The number of carbonyl (C=O) groups excluding carboxylic acids is 2. The van der Waals surface area contributed by atoms with Crippen LogP contribution in [0.3, 0.4) is 0 Å². The van der Waals surface area contributed by atoms with Crippen molar-refractivity contribution < 1.29 is 33.7 Å². The van der Waals surface area contributed by atoms with E-state index in [-0.39, 0.29) is 29.8 Å². The Kier molecular flexibility index (Phi) is 9.53. The lowest BCUT2D eigenvalue weighted by Crippen LogP contribution is -2.46. The molecule has 0 aromatic carbocycles. The lowest BCUT2D eigenvalue weighted by atomic mass is 9.71. The van der Waals surface area contributed by atoms with E-state index in [9.17, 15) is 19.8 Å². The van der Waals surface area contributed by atoms with Crippen molar-refractivity contribution in [1.82, 2.24) is 4.98 Å². The molecule has 2 unspecified atom stereocenters. The third-order valence-electron chi connectivity index (χ3n) is 8.06. The van der Waals surface area contributed by atoms with Crippen LogP contribution in [0, 0.1) is 24.2 Å². The summed E-state index contributed by atoms with van der Waals surface area (Å²) in [5.41, 5.74) is -0.959. The molecule has 7 atom stereocenters. The molecule has 0 bridgehead atoms. The molecule has 0 radical (unpaired) electrons. The zero-order valence-electron chi connectivity index (χ0n) is 22.8. The molecule has 0 saturated carbocycles. The first-order chi connectivity index (χ1) is 17.4. The van der Waals surface area contributed by atoms with Gasteiger partial charge in [-0.3, -0.25) is 9.59 Å². The Labute approximate surface area is 220 Å². The highest BCUT2D eigenvalue weighted by molar-refractivity contribution is 5.88. The molecule has 0 amide bonds. The molecule has 2 aliphatic heterocycles. The SMILES string of the molecule is C=CCC[C@H]1C(=O)C(C)(C)[C@@H](O)CC(=O)O[C@H](C=Cc2coc(C)n2)CC2OC2(C)CCC[C@H](C)[C@H]1O. The number of cyclic esters (lactones) is 1. The predicted molar refractivity (Wildman–Crippen MR) is 139 cm³/mol. The van der Waals surface area contributed by atoms with Crippen LogP contribution in [0.5, 0.6) is 0 Å². The minimum absolute atomic E-state index is 0.0783. The number of esters is 1. The quantitative estimate of drug-likeness (QED) is 0.331.